The highest BCUT2D eigenvalue weighted by atomic mass is 32.1. The molecule has 0 aliphatic rings. The first-order valence-electron chi connectivity index (χ1n) is 5.07. The van der Waals surface area contributed by atoms with Crippen molar-refractivity contribution in [1.29, 1.82) is 5.41 Å². The lowest BCUT2D eigenvalue weighted by Gasteiger charge is -2.18. The first kappa shape index (κ1) is 11.5. The lowest BCUT2D eigenvalue weighted by molar-refractivity contribution is 0.899. The van der Waals surface area contributed by atoms with Crippen LogP contribution in [0.2, 0.25) is 0 Å². The van der Waals surface area contributed by atoms with Crippen molar-refractivity contribution < 1.29 is 0 Å². The summed E-state index contributed by atoms with van der Waals surface area (Å²) in [6, 6.07) is 4.07. The molecule has 0 unspecified atom stereocenters. The lowest BCUT2D eigenvalue weighted by atomic mass is 10.3. The molecule has 0 aliphatic carbocycles. The molecule has 0 spiro atoms. The Morgan fingerprint density at radius 1 is 1.47 bits per heavy atom. The third-order valence-corrected chi connectivity index (χ3v) is 3.13. The molecule has 5 nitrogen and oxygen atoms in total. The number of hydrogen-bond donors (Lipinski definition) is 2. The van der Waals surface area contributed by atoms with Gasteiger partial charge in [-0.3, -0.25) is 5.41 Å². The van der Waals surface area contributed by atoms with Crippen LogP contribution in [-0.2, 0) is 6.54 Å². The zero-order valence-electron chi connectivity index (χ0n) is 9.42. The zero-order valence-corrected chi connectivity index (χ0v) is 10.2. The number of nitrogen functional groups attached to an aromatic ring is 1. The highest BCUT2D eigenvalue weighted by Gasteiger charge is 2.12. The molecule has 2 heterocycles. The Balaban J connectivity index is 2.24. The molecule has 2 aromatic rings. The Hall–Kier alpha value is -1.95. The second-order valence-electron chi connectivity index (χ2n) is 3.58. The summed E-state index contributed by atoms with van der Waals surface area (Å²) in [4.78, 5) is 11.5. The average Bonchev–Trinajstić information content (AvgIpc) is 2.81. The number of hydrogen-bond acceptors (Lipinski definition) is 5. The summed E-state index contributed by atoms with van der Waals surface area (Å²) < 4.78 is 0. The van der Waals surface area contributed by atoms with Gasteiger partial charge < -0.3 is 10.6 Å². The van der Waals surface area contributed by atoms with Crippen LogP contribution in [0.15, 0.2) is 29.9 Å². The van der Waals surface area contributed by atoms with Gasteiger partial charge >= 0.3 is 0 Å². The number of anilines is 1. The molecule has 3 N–H and O–H groups in total. The van der Waals surface area contributed by atoms with Crippen molar-refractivity contribution in [2.24, 2.45) is 5.73 Å². The maximum Gasteiger partial charge on any atom is 0.158 e. The number of amidine groups is 1. The fraction of sp³-hybridized carbons (Fsp3) is 0.182. The number of nitrogens with one attached hydrogen (secondary N) is 1. The average molecular weight is 247 g/mol. The van der Waals surface area contributed by atoms with E-state index in [4.69, 9.17) is 11.1 Å². The monoisotopic (exact) mass is 247 g/mol. The highest BCUT2D eigenvalue weighted by molar-refractivity contribution is 7.09. The van der Waals surface area contributed by atoms with Crippen molar-refractivity contribution >= 4 is 23.0 Å². The first-order chi connectivity index (χ1) is 8.18. The molecule has 6 heteroatoms. The molecule has 88 valence electrons. The summed E-state index contributed by atoms with van der Waals surface area (Å²) >= 11 is 1.69. The highest BCUT2D eigenvalue weighted by Crippen LogP contribution is 2.17. The molecule has 0 aromatic carbocycles. The minimum atomic E-state index is -0.0638. The second kappa shape index (κ2) is 4.92. The molecule has 0 saturated carbocycles. The first-order valence-corrected chi connectivity index (χ1v) is 5.95. The normalized spacial score (nSPS) is 10.2. The lowest BCUT2D eigenvalue weighted by Crippen LogP contribution is -2.24. The fourth-order valence-electron chi connectivity index (χ4n) is 1.51. The van der Waals surface area contributed by atoms with E-state index in [1.807, 2.05) is 23.4 Å². The van der Waals surface area contributed by atoms with E-state index in [0.717, 1.165) is 6.54 Å². The number of aromatic nitrogens is 2. The van der Waals surface area contributed by atoms with Gasteiger partial charge in [-0.1, -0.05) is 6.07 Å². The Morgan fingerprint density at radius 2 is 2.24 bits per heavy atom. The smallest absolute Gasteiger partial charge is 0.158 e. The fourth-order valence-corrected chi connectivity index (χ4v) is 2.27. The van der Waals surface area contributed by atoms with Crippen LogP contribution in [0.3, 0.4) is 0 Å². The van der Waals surface area contributed by atoms with Gasteiger partial charge in [-0.15, -0.1) is 11.3 Å². The molecule has 2 rings (SSSR count). The van der Waals surface area contributed by atoms with E-state index in [1.165, 1.54) is 4.88 Å². The van der Waals surface area contributed by atoms with Crippen molar-refractivity contribution in [3.8, 4) is 0 Å². The van der Waals surface area contributed by atoms with Crippen molar-refractivity contribution in [1.82, 2.24) is 9.97 Å². The van der Waals surface area contributed by atoms with Crippen LogP contribution >= 0.6 is 11.3 Å². The van der Waals surface area contributed by atoms with Crippen LogP contribution in [-0.4, -0.2) is 22.9 Å². The predicted octanol–water partition coefficient (Wildman–Crippen LogP) is 1.46. The maximum atomic E-state index is 7.47. The van der Waals surface area contributed by atoms with Crippen molar-refractivity contribution in [2.45, 2.75) is 6.54 Å². The van der Waals surface area contributed by atoms with E-state index >= 15 is 0 Å². The van der Waals surface area contributed by atoms with Crippen LogP contribution < -0.4 is 10.6 Å². The summed E-state index contributed by atoms with van der Waals surface area (Å²) in [7, 11) is 1.91. The van der Waals surface area contributed by atoms with Crippen molar-refractivity contribution in [3.63, 3.8) is 0 Å². The third kappa shape index (κ3) is 2.59. The van der Waals surface area contributed by atoms with Crippen LogP contribution in [0.5, 0.6) is 0 Å². The molecule has 0 amide bonds. The zero-order chi connectivity index (χ0) is 12.3. The molecule has 0 fully saturated rings. The largest absolute Gasteiger partial charge is 0.382 e. The molecular formula is C11H13N5S. The van der Waals surface area contributed by atoms with Crippen molar-refractivity contribution in [3.05, 3.63) is 40.5 Å². The number of nitrogens with zero attached hydrogens (tertiary/aromatic N) is 3. The summed E-state index contributed by atoms with van der Waals surface area (Å²) in [6.07, 6.45) is 3.14. The summed E-state index contributed by atoms with van der Waals surface area (Å²) in [5.74, 6) is 0.569. The molecule has 0 aliphatic heterocycles. The third-order valence-electron chi connectivity index (χ3n) is 2.27. The molecule has 0 radical (unpaired) electrons. The quantitative estimate of drug-likeness (QED) is 0.633. The van der Waals surface area contributed by atoms with E-state index in [0.29, 0.717) is 11.5 Å². The minimum absolute atomic E-state index is 0.0638. The van der Waals surface area contributed by atoms with E-state index < -0.39 is 0 Å². The number of thiophene rings is 1. The van der Waals surface area contributed by atoms with Gasteiger partial charge in [0.15, 0.2) is 5.82 Å². The Labute approximate surface area is 103 Å². The Morgan fingerprint density at radius 3 is 2.88 bits per heavy atom. The summed E-state index contributed by atoms with van der Waals surface area (Å²) in [5, 5.41) is 9.50. The summed E-state index contributed by atoms with van der Waals surface area (Å²) in [5.41, 5.74) is 5.91. The van der Waals surface area contributed by atoms with Crippen LogP contribution in [0.1, 0.15) is 10.6 Å². The van der Waals surface area contributed by atoms with Gasteiger partial charge in [0.1, 0.15) is 11.5 Å². The number of nitrogens with two attached hydrogens (primary N) is 1. The molecule has 0 atom stereocenters. The van der Waals surface area contributed by atoms with Gasteiger partial charge in [0.25, 0.3) is 0 Å². The minimum Gasteiger partial charge on any atom is -0.382 e. The van der Waals surface area contributed by atoms with E-state index in [-0.39, 0.29) is 5.84 Å². The van der Waals surface area contributed by atoms with Gasteiger partial charge in [0.2, 0.25) is 0 Å². The van der Waals surface area contributed by atoms with Gasteiger partial charge in [0, 0.05) is 24.3 Å². The molecule has 17 heavy (non-hydrogen) atoms. The van der Waals surface area contributed by atoms with E-state index in [9.17, 15) is 0 Å². The second-order valence-corrected chi connectivity index (χ2v) is 4.61. The van der Waals surface area contributed by atoms with Crippen LogP contribution in [0, 0.1) is 5.41 Å². The molecule has 0 bridgehead atoms. The van der Waals surface area contributed by atoms with Gasteiger partial charge in [-0.25, -0.2) is 9.97 Å². The molecular weight excluding hydrogens is 234 g/mol. The maximum absolute atomic E-state index is 7.47. The standard InChI is InChI=1S/C11H13N5S/c1-16(7-8-3-2-6-17-8)11-9(10(12)13)14-4-5-15-11/h2-6H,7H2,1H3,(H3,12,13). The SMILES string of the molecule is CN(Cc1cccs1)c1nccnc1C(=N)N. The molecule has 2 aromatic heterocycles. The Bertz CT molecular complexity index is 508. The molecule has 0 saturated heterocycles. The number of rotatable bonds is 4. The Kier molecular flexibility index (Phi) is 3.34. The van der Waals surface area contributed by atoms with Gasteiger partial charge in [-0.05, 0) is 11.4 Å². The van der Waals surface area contributed by atoms with Crippen molar-refractivity contribution in [2.75, 3.05) is 11.9 Å². The van der Waals surface area contributed by atoms with E-state index in [1.54, 1.807) is 23.7 Å². The van der Waals surface area contributed by atoms with Gasteiger partial charge in [-0.2, -0.15) is 0 Å². The summed E-state index contributed by atoms with van der Waals surface area (Å²) in [6.45, 7) is 0.733. The van der Waals surface area contributed by atoms with E-state index in [2.05, 4.69) is 16.0 Å². The van der Waals surface area contributed by atoms with Crippen LogP contribution in [0.4, 0.5) is 5.82 Å². The van der Waals surface area contributed by atoms with Gasteiger partial charge in [0.05, 0.1) is 6.54 Å². The topological polar surface area (TPSA) is 78.9 Å². The predicted molar refractivity (Wildman–Crippen MR) is 69.5 cm³/mol. The van der Waals surface area contributed by atoms with Crippen LogP contribution in [0.25, 0.3) is 0 Å².